The third-order valence-electron chi connectivity index (χ3n) is 5.82. The summed E-state index contributed by atoms with van der Waals surface area (Å²) in [5, 5.41) is 16.7. The van der Waals surface area contributed by atoms with Crippen LogP contribution in [0.2, 0.25) is 0 Å². The fourth-order valence-electron chi connectivity index (χ4n) is 5.32. The highest BCUT2D eigenvalue weighted by Crippen LogP contribution is 2.61. The van der Waals surface area contributed by atoms with E-state index in [0.29, 0.717) is 31.1 Å². The van der Waals surface area contributed by atoms with Gasteiger partial charge in [0.25, 0.3) is 0 Å². The maximum Gasteiger partial charge on any atom is 0.446 e. The van der Waals surface area contributed by atoms with E-state index in [1.54, 1.807) is 0 Å². The summed E-state index contributed by atoms with van der Waals surface area (Å²) in [5.41, 5.74) is -1.19. The van der Waals surface area contributed by atoms with E-state index < -0.39 is 52.8 Å². The van der Waals surface area contributed by atoms with Crippen LogP contribution in [0.1, 0.15) is 38.5 Å². The highest BCUT2D eigenvalue weighted by molar-refractivity contribution is 7.96. The van der Waals surface area contributed by atoms with E-state index in [2.05, 4.69) is 14.1 Å². The van der Waals surface area contributed by atoms with Crippen molar-refractivity contribution in [1.82, 2.24) is 0 Å². The predicted molar refractivity (Wildman–Crippen MR) is 86.3 cm³/mol. The van der Waals surface area contributed by atoms with Crippen molar-refractivity contribution < 1.29 is 56.4 Å². The van der Waals surface area contributed by atoms with E-state index >= 15 is 0 Å². The Balaban J connectivity index is 1.52. The van der Waals surface area contributed by atoms with Gasteiger partial charge in [-0.05, 0) is 50.4 Å². The van der Waals surface area contributed by atoms with Gasteiger partial charge in [-0.2, -0.15) is 13.2 Å². The van der Waals surface area contributed by atoms with Crippen LogP contribution in [0.3, 0.4) is 0 Å². The highest BCUT2D eigenvalue weighted by atomic mass is 32.2. The standard InChI is InChI=1S/C16H20F4O8S/c17-15(16(18,19)20,29-28-27-24)12(22)25-6-11(21)26-8-13-2-9-1-10(3-13)5-14(23,4-9)7-13/h9-10,23-24H,1-8H2. The number of hydrogen-bond donors (Lipinski definition) is 2. The van der Waals surface area contributed by atoms with Crippen LogP contribution < -0.4 is 0 Å². The van der Waals surface area contributed by atoms with Gasteiger partial charge in [-0.25, -0.2) is 19.2 Å². The van der Waals surface area contributed by atoms with Crippen LogP contribution >= 0.6 is 12.0 Å². The van der Waals surface area contributed by atoms with Crippen molar-refractivity contribution in [2.24, 2.45) is 17.3 Å². The van der Waals surface area contributed by atoms with Gasteiger partial charge in [0, 0.05) is 5.41 Å². The van der Waals surface area contributed by atoms with E-state index in [-0.39, 0.29) is 6.61 Å². The van der Waals surface area contributed by atoms with E-state index in [4.69, 9.17) is 9.99 Å². The SMILES string of the molecule is O=C(COC(=O)C(F)(SOOO)C(F)(F)F)OCC12CC3CC(CC(O)(C3)C1)C2. The molecule has 0 aromatic heterocycles. The molecule has 29 heavy (non-hydrogen) atoms. The number of hydrogen-bond acceptors (Lipinski definition) is 9. The quantitative estimate of drug-likeness (QED) is 0.190. The van der Waals surface area contributed by atoms with Crippen molar-refractivity contribution in [2.45, 2.75) is 55.3 Å². The molecule has 0 aliphatic heterocycles. The molecular formula is C16H20F4O8S. The summed E-state index contributed by atoms with van der Waals surface area (Å²) >= 11 is -1.18. The van der Waals surface area contributed by atoms with Crippen LogP contribution in [0.5, 0.6) is 0 Å². The highest BCUT2D eigenvalue weighted by Gasteiger charge is 2.66. The van der Waals surface area contributed by atoms with Gasteiger partial charge in [0.2, 0.25) is 0 Å². The third-order valence-corrected chi connectivity index (χ3v) is 6.57. The van der Waals surface area contributed by atoms with Gasteiger partial charge < -0.3 is 14.6 Å². The molecule has 8 nitrogen and oxygen atoms in total. The summed E-state index contributed by atoms with van der Waals surface area (Å²) in [6.45, 7) is -1.30. The van der Waals surface area contributed by atoms with Gasteiger partial charge >= 0.3 is 23.1 Å². The average molecular weight is 448 g/mol. The molecule has 0 amide bonds. The zero-order chi connectivity index (χ0) is 21.5. The molecule has 2 N–H and O–H groups in total. The second kappa shape index (κ2) is 7.84. The maximum absolute atomic E-state index is 13.9. The van der Waals surface area contributed by atoms with E-state index in [1.807, 2.05) is 0 Å². The van der Waals surface area contributed by atoms with Gasteiger partial charge in [-0.15, -0.1) is 4.33 Å². The molecule has 13 heteroatoms. The van der Waals surface area contributed by atoms with Crippen molar-refractivity contribution in [3.63, 3.8) is 0 Å². The summed E-state index contributed by atoms with van der Waals surface area (Å²) in [6, 6.07) is 0. The zero-order valence-corrected chi connectivity index (χ0v) is 15.9. The van der Waals surface area contributed by atoms with Crippen molar-refractivity contribution in [3.8, 4) is 0 Å². The molecular weight excluding hydrogens is 428 g/mol. The minimum absolute atomic E-state index is 0.0606. The number of carbonyl (C=O) groups excluding carboxylic acids is 2. The minimum Gasteiger partial charge on any atom is -0.463 e. The minimum atomic E-state index is -5.77. The normalized spacial score (nSPS) is 35.2. The Morgan fingerprint density at radius 1 is 1.07 bits per heavy atom. The molecule has 166 valence electrons. The molecule has 0 radical (unpaired) electrons. The lowest BCUT2D eigenvalue weighted by Gasteiger charge is -2.59. The molecule has 4 aliphatic carbocycles. The number of rotatable bonds is 8. The van der Waals surface area contributed by atoms with Crippen LogP contribution in [0.25, 0.3) is 0 Å². The van der Waals surface area contributed by atoms with Gasteiger partial charge in [-0.1, -0.05) is 5.04 Å². The Morgan fingerprint density at radius 2 is 1.69 bits per heavy atom. The largest absolute Gasteiger partial charge is 0.463 e. The molecule has 3 unspecified atom stereocenters. The number of carbonyl (C=O) groups is 2. The smallest absolute Gasteiger partial charge is 0.446 e. The predicted octanol–water partition coefficient (Wildman–Crippen LogP) is 2.70. The number of aliphatic hydroxyl groups is 1. The lowest BCUT2D eigenvalue weighted by atomic mass is 9.48. The first-order chi connectivity index (χ1) is 13.4. The third kappa shape index (κ3) is 4.63. The molecule has 3 atom stereocenters. The molecule has 0 spiro atoms. The molecule has 4 saturated carbocycles. The Morgan fingerprint density at radius 3 is 2.21 bits per heavy atom. The van der Waals surface area contributed by atoms with Crippen LogP contribution in [-0.2, 0) is 28.4 Å². The zero-order valence-electron chi connectivity index (χ0n) is 15.1. The van der Waals surface area contributed by atoms with Crippen LogP contribution in [0.4, 0.5) is 17.6 Å². The Kier molecular flexibility index (Phi) is 6.09. The molecule has 4 aliphatic rings. The maximum atomic E-state index is 13.9. The molecule has 4 bridgehead atoms. The summed E-state index contributed by atoms with van der Waals surface area (Å²) in [6.07, 6.45) is -1.31. The van der Waals surface area contributed by atoms with E-state index in [0.717, 1.165) is 19.3 Å². The van der Waals surface area contributed by atoms with Crippen LogP contribution in [0, 0.1) is 17.3 Å². The van der Waals surface area contributed by atoms with E-state index in [1.165, 1.54) is 0 Å². The monoisotopic (exact) mass is 448 g/mol. The fraction of sp³-hybridized carbons (Fsp3) is 0.875. The summed E-state index contributed by atoms with van der Waals surface area (Å²) in [7, 11) is 0. The van der Waals surface area contributed by atoms with Crippen molar-refractivity contribution in [3.05, 3.63) is 0 Å². The van der Waals surface area contributed by atoms with Crippen molar-refractivity contribution in [2.75, 3.05) is 13.2 Å². The number of ether oxygens (including phenoxy) is 2. The Hall–Kier alpha value is -1.15. The molecule has 0 heterocycles. The molecule has 4 fully saturated rings. The number of alkyl halides is 4. The first kappa shape index (κ1) is 22.5. The molecule has 0 saturated heterocycles. The van der Waals surface area contributed by atoms with Gasteiger partial charge in [0.05, 0.1) is 24.3 Å². The number of esters is 2. The van der Waals surface area contributed by atoms with E-state index in [9.17, 15) is 32.3 Å². The fourth-order valence-corrected chi connectivity index (χ4v) is 5.67. The molecule has 0 aromatic carbocycles. The second-order valence-corrected chi connectivity index (χ2v) is 9.11. The Bertz CT molecular complexity index is 645. The summed E-state index contributed by atoms with van der Waals surface area (Å²) < 4.78 is 64.7. The van der Waals surface area contributed by atoms with Crippen LogP contribution in [0.15, 0.2) is 0 Å². The van der Waals surface area contributed by atoms with Crippen molar-refractivity contribution >= 4 is 24.0 Å². The molecule has 0 aromatic rings. The summed E-state index contributed by atoms with van der Waals surface area (Å²) in [4.78, 5) is 23.3. The molecule has 4 rings (SSSR count). The topological polar surface area (TPSA) is 112 Å². The summed E-state index contributed by atoms with van der Waals surface area (Å²) in [5.74, 6) is -2.94. The lowest BCUT2D eigenvalue weighted by Crippen LogP contribution is -2.57. The van der Waals surface area contributed by atoms with Gasteiger partial charge in [0.15, 0.2) is 6.61 Å². The first-order valence-electron chi connectivity index (χ1n) is 8.87. The second-order valence-electron chi connectivity index (χ2n) is 8.24. The first-order valence-corrected chi connectivity index (χ1v) is 9.61. The number of halogens is 4. The van der Waals surface area contributed by atoms with Gasteiger partial charge in [-0.3, -0.25) is 0 Å². The van der Waals surface area contributed by atoms with Crippen LogP contribution in [-0.4, -0.2) is 52.3 Å². The average Bonchev–Trinajstić information content (AvgIpc) is 2.59. The lowest BCUT2D eigenvalue weighted by molar-refractivity contribution is -0.433. The van der Waals surface area contributed by atoms with Gasteiger partial charge in [0.1, 0.15) is 0 Å². The van der Waals surface area contributed by atoms with Crippen molar-refractivity contribution in [1.29, 1.82) is 0 Å². The Labute approximate surface area is 166 Å².